The van der Waals surface area contributed by atoms with Crippen LogP contribution in [0, 0.1) is 5.92 Å². The second-order valence-electron chi connectivity index (χ2n) is 10.9. The number of ether oxygens (including phenoxy) is 1. The van der Waals surface area contributed by atoms with Gasteiger partial charge in [0.05, 0.1) is 30.8 Å². The molecule has 1 rings (SSSR count). The summed E-state index contributed by atoms with van der Waals surface area (Å²) in [4.78, 5) is 22.9. The molecule has 1 aromatic rings. The Morgan fingerprint density at radius 1 is 1.16 bits per heavy atom. The Balaban J connectivity index is 0.00000433. The van der Waals surface area contributed by atoms with Crippen molar-refractivity contribution in [1.82, 2.24) is 14.9 Å². The van der Waals surface area contributed by atoms with Crippen LogP contribution in [-0.4, -0.2) is 76.0 Å². The Morgan fingerprint density at radius 2 is 1.75 bits per heavy atom. The highest BCUT2D eigenvalue weighted by molar-refractivity contribution is 7.82. The van der Waals surface area contributed by atoms with E-state index < -0.39 is 23.1 Å². The number of benzene rings is 1. The third-order valence-corrected chi connectivity index (χ3v) is 8.85. The van der Waals surface area contributed by atoms with Gasteiger partial charge in [0.1, 0.15) is 11.0 Å². The molecule has 0 aromatic heterocycles. The van der Waals surface area contributed by atoms with Gasteiger partial charge in [0, 0.05) is 24.0 Å². The quantitative estimate of drug-likeness (QED) is 0.128. The van der Waals surface area contributed by atoms with E-state index in [1.165, 1.54) is 7.11 Å². The van der Waals surface area contributed by atoms with Crippen molar-refractivity contribution in [2.75, 3.05) is 20.8 Å². The summed E-state index contributed by atoms with van der Waals surface area (Å²) >= 11 is 0. The van der Waals surface area contributed by atoms with E-state index >= 15 is 0 Å². The minimum atomic E-state index is -1.46. The Morgan fingerprint density at radius 3 is 2.18 bits per heavy atom. The number of rotatable bonds is 19. The van der Waals surface area contributed by atoms with Gasteiger partial charge in [-0.2, -0.15) is 0 Å². The van der Waals surface area contributed by atoms with Gasteiger partial charge in [0.15, 0.2) is 0 Å². The van der Waals surface area contributed by atoms with Crippen molar-refractivity contribution < 1.29 is 28.7 Å². The zero-order valence-corrected chi connectivity index (χ0v) is 28.6. The molecule has 4 N–H and O–H groups in total. The van der Waals surface area contributed by atoms with Crippen LogP contribution >= 0.6 is 0 Å². The van der Waals surface area contributed by atoms with Gasteiger partial charge < -0.3 is 25.6 Å². The molecule has 9 nitrogen and oxygen atoms in total. The normalized spacial score (nSPS) is 15.9. The van der Waals surface area contributed by atoms with Gasteiger partial charge in [-0.25, -0.2) is 8.51 Å². The Labute approximate surface area is 267 Å². The van der Waals surface area contributed by atoms with Crippen LogP contribution in [0.4, 0.5) is 0 Å². The minimum absolute atomic E-state index is 0.0583. The van der Waals surface area contributed by atoms with Gasteiger partial charge in [-0.15, -0.1) is 0 Å². The summed E-state index contributed by atoms with van der Waals surface area (Å²) in [6, 6.07) is 6.15. The van der Waals surface area contributed by atoms with Crippen LogP contribution < -0.4 is 10.6 Å². The molecule has 0 heterocycles. The molecule has 44 heavy (non-hydrogen) atoms. The second-order valence-corrected chi connectivity index (χ2v) is 12.3. The van der Waals surface area contributed by atoms with Gasteiger partial charge >= 0.3 is 0 Å². The topological polar surface area (TPSA) is 128 Å². The lowest BCUT2D eigenvalue weighted by atomic mass is 9.84. The summed E-state index contributed by atoms with van der Waals surface area (Å²) in [6.07, 6.45) is 8.95. The summed E-state index contributed by atoms with van der Waals surface area (Å²) < 4.78 is 19.2. The largest absolute Gasteiger partial charge is 0.471 e. The molecule has 0 aliphatic carbocycles. The molecular weight excluding hydrogens is 578 g/mol. The molecule has 1 aromatic carbocycles. The molecule has 0 aliphatic heterocycles. The molecule has 0 fully saturated rings. The predicted octanol–water partition coefficient (Wildman–Crippen LogP) is 4.77. The number of hydrogen-bond acceptors (Lipinski definition) is 7. The van der Waals surface area contributed by atoms with Crippen LogP contribution in [0.15, 0.2) is 77.8 Å². The minimum Gasteiger partial charge on any atom is -0.471 e. The first-order chi connectivity index (χ1) is 20.8. The van der Waals surface area contributed by atoms with Crippen LogP contribution in [0.1, 0.15) is 72.5 Å². The molecule has 1 amide bonds. The maximum Gasteiger partial charge on any atom is 0.292 e. The second kappa shape index (κ2) is 22.6. The fourth-order valence-corrected chi connectivity index (χ4v) is 6.36. The van der Waals surface area contributed by atoms with Crippen LogP contribution in [0.5, 0.6) is 0 Å². The van der Waals surface area contributed by atoms with Crippen molar-refractivity contribution in [3.8, 4) is 0 Å². The van der Waals surface area contributed by atoms with Crippen molar-refractivity contribution in [3.63, 3.8) is 0 Å². The van der Waals surface area contributed by atoms with Crippen LogP contribution in [0.25, 0.3) is 0 Å². The average Bonchev–Trinajstić information content (AvgIpc) is 2.98. The fraction of sp³-hybridized carbons (Fsp3) is 0.529. The number of aliphatic hydroxyl groups excluding tert-OH is 2. The number of aliphatic hydroxyl groups is 2. The zero-order valence-electron chi connectivity index (χ0n) is 27.8. The van der Waals surface area contributed by atoms with E-state index in [-0.39, 0.29) is 36.6 Å². The van der Waals surface area contributed by atoms with Crippen molar-refractivity contribution in [1.29, 1.82) is 0 Å². The molecule has 0 saturated heterocycles. The number of nitrogens with one attached hydrogen (secondary N) is 2. The Bertz CT molecular complexity index is 1100. The standard InChI is InChI=1S/C32H51N3O4S.C2H4O2/c1-10-13-23(5)30(24(6)14-11-2)31(33-9)32(38)34-25(7)15-12-16-28(21-36)35(22(3)4)40(39)29-19-17-27(18-20-29)26(8)37;1-4-2-3/h10-11,13-14,17-20,22,25-26,28,30-31,33,36-37H,1,6,12,15-16,21H2,2-5,7-9H3,(H,34,38);2H,1H3/b14-11-,23-13+;/t25?,26?,28?,30-,31?,40?;/m0./s1. The van der Waals surface area contributed by atoms with Crippen LogP contribution in [-0.2, 0) is 25.3 Å². The number of methoxy groups -OCH3 is 1. The molecule has 6 atom stereocenters. The van der Waals surface area contributed by atoms with Gasteiger partial charge in [-0.1, -0.05) is 55.2 Å². The molecule has 5 unspecified atom stereocenters. The molecule has 0 bridgehead atoms. The first-order valence-corrected chi connectivity index (χ1v) is 16.1. The SMILES string of the molecule is C=C/C=C(\C)[C@@H](C(=C)/C=C\C)C(NC)C(=O)NC(C)CCCC(CO)N(C(C)C)S(=O)c1ccc(C(C)O)cc1.COC=O. The summed E-state index contributed by atoms with van der Waals surface area (Å²) in [6.45, 7) is 19.7. The Kier molecular flexibility index (Phi) is 21.1. The number of allylic oxidation sites excluding steroid dienone is 4. The molecule has 248 valence electrons. The van der Waals surface area contributed by atoms with Crippen molar-refractivity contribution in [3.05, 3.63) is 78.4 Å². The van der Waals surface area contributed by atoms with E-state index in [4.69, 9.17) is 4.79 Å². The van der Waals surface area contributed by atoms with Crippen molar-refractivity contribution >= 4 is 23.4 Å². The Hall–Kier alpha value is -2.89. The van der Waals surface area contributed by atoms with E-state index in [1.807, 2.05) is 57.2 Å². The maximum atomic E-state index is 13.5. The van der Waals surface area contributed by atoms with Gasteiger partial charge in [0.2, 0.25) is 5.91 Å². The number of likely N-dealkylation sites (N-methyl/N-ethyl adjacent to an activating group) is 1. The zero-order chi connectivity index (χ0) is 33.8. The van der Waals surface area contributed by atoms with Crippen molar-refractivity contribution in [2.24, 2.45) is 5.92 Å². The lowest BCUT2D eigenvalue weighted by molar-refractivity contribution is -0.126. The summed E-state index contributed by atoms with van der Waals surface area (Å²) in [5, 5.41) is 26.3. The molecule has 0 spiro atoms. The van der Waals surface area contributed by atoms with E-state index in [0.29, 0.717) is 24.2 Å². The maximum absolute atomic E-state index is 13.5. The average molecular weight is 634 g/mol. The molecule has 0 saturated carbocycles. The number of carbonyl (C=O) groups excluding carboxylic acids is 2. The van der Waals surface area contributed by atoms with Crippen molar-refractivity contribution in [2.45, 2.75) is 96.0 Å². The van der Waals surface area contributed by atoms with Gasteiger partial charge in [0.25, 0.3) is 6.47 Å². The smallest absolute Gasteiger partial charge is 0.292 e. The third kappa shape index (κ3) is 13.8. The van der Waals surface area contributed by atoms with E-state index in [0.717, 1.165) is 23.1 Å². The first-order valence-electron chi connectivity index (χ1n) is 15.0. The summed E-state index contributed by atoms with van der Waals surface area (Å²) in [5.41, 5.74) is 2.60. The van der Waals surface area contributed by atoms with Gasteiger partial charge in [-0.05, 0) is 91.1 Å². The van der Waals surface area contributed by atoms with Crippen LogP contribution in [0.3, 0.4) is 0 Å². The van der Waals surface area contributed by atoms with Crippen LogP contribution in [0.2, 0.25) is 0 Å². The van der Waals surface area contributed by atoms with E-state index in [1.54, 1.807) is 44.3 Å². The molecule has 0 aliphatic rings. The molecule has 10 heteroatoms. The lowest BCUT2D eigenvalue weighted by Gasteiger charge is -2.33. The highest BCUT2D eigenvalue weighted by Gasteiger charge is 2.31. The van der Waals surface area contributed by atoms with E-state index in [9.17, 15) is 19.2 Å². The third-order valence-electron chi connectivity index (χ3n) is 7.07. The number of carbonyl (C=O) groups is 2. The monoisotopic (exact) mass is 633 g/mol. The predicted molar refractivity (Wildman–Crippen MR) is 180 cm³/mol. The molecule has 0 radical (unpaired) electrons. The highest BCUT2D eigenvalue weighted by Crippen LogP contribution is 2.25. The number of hydrogen-bond donors (Lipinski definition) is 4. The number of amides is 1. The lowest BCUT2D eigenvalue weighted by Crippen LogP contribution is -2.50. The van der Waals surface area contributed by atoms with Gasteiger partial charge in [-0.3, -0.25) is 9.59 Å². The summed E-state index contributed by atoms with van der Waals surface area (Å²) in [5.74, 6) is -0.318. The highest BCUT2D eigenvalue weighted by atomic mass is 32.2. The van der Waals surface area contributed by atoms with E-state index in [2.05, 4.69) is 28.5 Å². The fourth-order valence-electron chi connectivity index (χ4n) is 4.92. The first kappa shape index (κ1) is 41.1. The molecular formula is C34H55N3O6S. The summed E-state index contributed by atoms with van der Waals surface area (Å²) in [7, 11) is 1.62. The number of nitrogens with zero attached hydrogens (tertiary/aromatic N) is 1.